The fourth-order valence-corrected chi connectivity index (χ4v) is 4.32. The molecule has 2 amide bonds. The molecule has 2 N–H and O–H groups in total. The lowest BCUT2D eigenvalue weighted by atomic mass is 10.0. The van der Waals surface area contributed by atoms with Crippen molar-refractivity contribution in [2.45, 2.75) is 45.4 Å². The van der Waals surface area contributed by atoms with E-state index in [1.807, 2.05) is 56.5 Å². The Morgan fingerprint density at radius 1 is 1.19 bits per heavy atom. The largest absolute Gasteiger partial charge is 0.342 e. The van der Waals surface area contributed by atoms with E-state index in [1.54, 1.807) is 11.6 Å². The lowest BCUT2D eigenvalue weighted by molar-refractivity contribution is -0.113. The van der Waals surface area contributed by atoms with Gasteiger partial charge in [-0.15, -0.1) is 21.5 Å². The van der Waals surface area contributed by atoms with Crippen molar-refractivity contribution in [3.8, 4) is 0 Å². The quantitative estimate of drug-likeness (QED) is 0.471. The summed E-state index contributed by atoms with van der Waals surface area (Å²) in [5.74, 6) is 0.678. The highest BCUT2D eigenvalue weighted by atomic mass is 32.2. The third-order valence-corrected chi connectivity index (χ3v) is 6.27. The average Bonchev–Trinajstić information content (AvgIpc) is 3.40. The zero-order valence-electron chi connectivity index (χ0n) is 18.0. The minimum atomic E-state index is -0.306. The number of carbonyl (C=O) groups is 2. The number of carbonyl (C=O) groups excluding carboxylic acids is 2. The third kappa shape index (κ3) is 5.92. The molecule has 2 aromatic heterocycles. The minimum Gasteiger partial charge on any atom is -0.342 e. The van der Waals surface area contributed by atoms with Crippen molar-refractivity contribution in [3.63, 3.8) is 0 Å². The highest BCUT2D eigenvalue weighted by Gasteiger charge is 2.26. The molecule has 0 aliphatic rings. The fourth-order valence-electron chi connectivity index (χ4n) is 2.96. The third-order valence-electron chi connectivity index (χ3n) is 4.62. The van der Waals surface area contributed by atoms with E-state index in [0.717, 1.165) is 5.56 Å². The van der Waals surface area contributed by atoms with E-state index >= 15 is 0 Å². The number of thiazole rings is 1. The van der Waals surface area contributed by atoms with Gasteiger partial charge in [0, 0.05) is 23.7 Å². The second-order valence-corrected chi connectivity index (χ2v) is 9.16. The molecule has 0 aliphatic carbocycles. The number of nitrogens with zero attached hydrogens (tertiary/aromatic N) is 4. The maximum absolute atomic E-state index is 12.8. The molecule has 1 atom stereocenters. The van der Waals surface area contributed by atoms with Gasteiger partial charge < -0.3 is 15.2 Å². The van der Waals surface area contributed by atoms with E-state index in [-0.39, 0.29) is 29.5 Å². The van der Waals surface area contributed by atoms with Crippen molar-refractivity contribution in [1.29, 1.82) is 0 Å². The number of hydrogen-bond donors (Lipinski definition) is 2. The molecule has 164 valence electrons. The van der Waals surface area contributed by atoms with Crippen molar-refractivity contribution < 1.29 is 9.59 Å². The summed E-state index contributed by atoms with van der Waals surface area (Å²) in [4.78, 5) is 29.0. The van der Waals surface area contributed by atoms with Crippen LogP contribution in [0, 0.1) is 12.8 Å². The first kappa shape index (κ1) is 23.0. The molecule has 0 bridgehead atoms. The Balaban J connectivity index is 1.71. The van der Waals surface area contributed by atoms with Gasteiger partial charge in [-0.3, -0.25) is 9.59 Å². The number of aromatic nitrogens is 4. The van der Waals surface area contributed by atoms with E-state index in [1.165, 1.54) is 23.1 Å². The summed E-state index contributed by atoms with van der Waals surface area (Å²) in [6.45, 7) is 8.67. The average molecular weight is 459 g/mol. The van der Waals surface area contributed by atoms with E-state index < -0.39 is 0 Å². The van der Waals surface area contributed by atoms with Gasteiger partial charge in [0.2, 0.25) is 5.91 Å². The molecule has 2 heterocycles. The lowest BCUT2D eigenvalue weighted by Gasteiger charge is -2.22. The molecule has 3 aromatic rings. The Bertz CT molecular complexity index is 1020. The second-order valence-electron chi connectivity index (χ2n) is 7.32. The van der Waals surface area contributed by atoms with E-state index in [2.05, 4.69) is 25.8 Å². The Hall–Kier alpha value is -2.72. The second kappa shape index (κ2) is 10.5. The maximum Gasteiger partial charge on any atom is 0.251 e. The summed E-state index contributed by atoms with van der Waals surface area (Å²) in [7, 11) is 0. The Morgan fingerprint density at radius 3 is 2.55 bits per heavy atom. The molecule has 0 unspecified atom stereocenters. The summed E-state index contributed by atoms with van der Waals surface area (Å²) in [6, 6.07) is 7.16. The first-order chi connectivity index (χ1) is 14.9. The zero-order chi connectivity index (χ0) is 22.4. The molecule has 0 saturated heterocycles. The zero-order valence-corrected chi connectivity index (χ0v) is 19.6. The molecule has 0 fully saturated rings. The number of nitrogens with one attached hydrogen (secondary N) is 2. The van der Waals surface area contributed by atoms with Crippen LogP contribution in [-0.2, 0) is 11.3 Å². The van der Waals surface area contributed by atoms with Gasteiger partial charge in [-0.05, 0) is 31.9 Å². The lowest BCUT2D eigenvalue weighted by Crippen LogP contribution is -2.33. The molecule has 10 heteroatoms. The molecule has 0 aliphatic heterocycles. The van der Waals surface area contributed by atoms with Crippen LogP contribution in [0.3, 0.4) is 0 Å². The number of hydrogen-bond acceptors (Lipinski definition) is 7. The van der Waals surface area contributed by atoms with Crippen molar-refractivity contribution >= 4 is 40.0 Å². The molecule has 31 heavy (non-hydrogen) atoms. The van der Waals surface area contributed by atoms with Crippen molar-refractivity contribution in [1.82, 2.24) is 25.1 Å². The van der Waals surface area contributed by atoms with Crippen LogP contribution in [-0.4, -0.2) is 37.3 Å². The predicted octanol–water partition coefficient (Wildman–Crippen LogP) is 3.92. The van der Waals surface area contributed by atoms with Crippen LogP contribution >= 0.6 is 23.1 Å². The molecule has 1 aromatic carbocycles. The van der Waals surface area contributed by atoms with Gasteiger partial charge >= 0.3 is 0 Å². The topological polar surface area (TPSA) is 102 Å². The monoisotopic (exact) mass is 458 g/mol. The number of amides is 2. The van der Waals surface area contributed by atoms with Crippen LogP contribution in [0.25, 0.3) is 0 Å². The summed E-state index contributed by atoms with van der Waals surface area (Å²) in [5, 5.41) is 17.5. The fraction of sp³-hybridized carbons (Fsp3) is 0.381. The van der Waals surface area contributed by atoms with E-state index in [4.69, 9.17) is 0 Å². The van der Waals surface area contributed by atoms with Crippen LogP contribution in [0.4, 0.5) is 5.13 Å². The Morgan fingerprint density at radius 2 is 1.94 bits per heavy atom. The number of aryl methyl sites for hydroxylation is 1. The van der Waals surface area contributed by atoms with E-state index in [0.29, 0.717) is 28.2 Å². The van der Waals surface area contributed by atoms with Crippen LogP contribution < -0.4 is 10.6 Å². The number of thioether (sulfide) groups is 1. The molecular formula is C21H26N6O2S2. The molecule has 0 spiro atoms. The Labute approximate surface area is 189 Å². The molecule has 8 nitrogen and oxygen atoms in total. The van der Waals surface area contributed by atoms with Crippen molar-refractivity contribution in [2.75, 3.05) is 11.1 Å². The first-order valence-corrected chi connectivity index (χ1v) is 11.9. The summed E-state index contributed by atoms with van der Waals surface area (Å²) in [5.41, 5.74) is 1.70. The summed E-state index contributed by atoms with van der Waals surface area (Å²) in [6.07, 6.45) is 1.64. The highest BCUT2D eigenvalue weighted by molar-refractivity contribution is 7.99. The molecule has 0 radical (unpaired) electrons. The van der Waals surface area contributed by atoms with Gasteiger partial charge in [-0.1, -0.05) is 43.3 Å². The van der Waals surface area contributed by atoms with E-state index in [9.17, 15) is 9.59 Å². The van der Waals surface area contributed by atoms with Gasteiger partial charge in [-0.25, -0.2) is 4.98 Å². The van der Waals surface area contributed by atoms with Crippen molar-refractivity contribution in [2.24, 2.45) is 5.92 Å². The summed E-state index contributed by atoms with van der Waals surface area (Å²) < 4.78 is 1.95. The van der Waals surface area contributed by atoms with Gasteiger partial charge in [0.05, 0.1) is 11.8 Å². The highest BCUT2D eigenvalue weighted by Crippen LogP contribution is 2.26. The Kier molecular flexibility index (Phi) is 7.80. The van der Waals surface area contributed by atoms with Crippen LogP contribution in [0.15, 0.2) is 41.0 Å². The van der Waals surface area contributed by atoms with Gasteiger partial charge in [0.15, 0.2) is 16.1 Å². The van der Waals surface area contributed by atoms with Gasteiger partial charge in [-0.2, -0.15) is 0 Å². The first-order valence-electron chi connectivity index (χ1n) is 10.0. The van der Waals surface area contributed by atoms with Crippen LogP contribution in [0.1, 0.15) is 48.6 Å². The molecule has 3 rings (SSSR count). The maximum atomic E-state index is 12.8. The predicted molar refractivity (Wildman–Crippen MR) is 123 cm³/mol. The summed E-state index contributed by atoms with van der Waals surface area (Å²) >= 11 is 2.68. The van der Waals surface area contributed by atoms with Crippen LogP contribution in [0.2, 0.25) is 0 Å². The minimum absolute atomic E-state index is 0.106. The van der Waals surface area contributed by atoms with Crippen molar-refractivity contribution in [3.05, 3.63) is 52.8 Å². The molecular weight excluding hydrogens is 432 g/mol. The number of anilines is 1. The SMILES string of the molecule is CCn1c(SCC(=O)Nc2nccs2)nnc1[C@H](NC(=O)c1ccc(C)cc1)C(C)C. The van der Waals surface area contributed by atoms with Gasteiger partial charge in [0.25, 0.3) is 5.91 Å². The smallest absolute Gasteiger partial charge is 0.251 e. The normalized spacial score (nSPS) is 12.0. The molecule has 0 saturated carbocycles. The van der Waals surface area contributed by atoms with Crippen LogP contribution in [0.5, 0.6) is 0 Å². The van der Waals surface area contributed by atoms with Gasteiger partial charge in [0.1, 0.15) is 0 Å². The standard InChI is InChI=1S/C21H26N6O2S2/c1-5-27-18(17(13(2)3)24-19(29)15-8-6-14(4)7-9-15)25-26-21(27)31-12-16(28)23-20-22-10-11-30-20/h6-11,13,17H,5,12H2,1-4H3,(H,24,29)(H,22,23,28)/t17-/m1/s1. The number of rotatable bonds is 9. The number of benzene rings is 1.